The van der Waals surface area contributed by atoms with E-state index in [1.54, 1.807) is 18.4 Å². The highest BCUT2D eigenvalue weighted by Gasteiger charge is 2.29. The summed E-state index contributed by atoms with van der Waals surface area (Å²) in [6.07, 6.45) is 0.796. The summed E-state index contributed by atoms with van der Waals surface area (Å²) in [6.45, 7) is 0. The molecule has 5 heteroatoms. The van der Waals surface area contributed by atoms with Gasteiger partial charge in [0.1, 0.15) is 17.6 Å². The third kappa shape index (κ3) is 2.38. The first-order valence-electron chi connectivity index (χ1n) is 6.02. The van der Waals surface area contributed by atoms with E-state index in [1.807, 2.05) is 24.3 Å². The molecule has 0 spiro atoms. The Balaban J connectivity index is 1.94. The van der Waals surface area contributed by atoms with Crippen LogP contribution in [-0.4, -0.2) is 7.11 Å². The molecule has 0 bridgehead atoms. The molecule has 2 heterocycles. The standard InChI is InChI=1S/C14H14BrNO2S/c1-17-8-2-3-12-9(6-8)11(16)7-13(18-12)14-10(15)4-5-19-14/h2-6,11,13H,7,16H2,1H3. The number of nitrogens with two attached hydrogens (primary N) is 1. The van der Waals surface area contributed by atoms with Crippen molar-refractivity contribution in [3.8, 4) is 11.5 Å². The summed E-state index contributed by atoms with van der Waals surface area (Å²) < 4.78 is 12.4. The fourth-order valence-electron chi connectivity index (χ4n) is 2.31. The van der Waals surface area contributed by atoms with Crippen LogP contribution in [-0.2, 0) is 0 Å². The van der Waals surface area contributed by atoms with Gasteiger partial charge in [-0.1, -0.05) is 0 Å². The zero-order valence-electron chi connectivity index (χ0n) is 10.4. The van der Waals surface area contributed by atoms with Gasteiger partial charge in [-0.2, -0.15) is 0 Å². The summed E-state index contributed by atoms with van der Waals surface area (Å²) in [6, 6.07) is 7.80. The number of fused-ring (bicyclic) bond motifs is 1. The van der Waals surface area contributed by atoms with E-state index in [0.29, 0.717) is 0 Å². The summed E-state index contributed by atoms with van der Waals surface area (Å²) in [5.41, 5.74) is 7.29. The van der Waals surface area contributed by atoms with E-state index in [2.05, 4.69) is 21.3 Å². The van der Waals surface area contributed by atoms with Crippen LogP contribution in [0.25, 0.3) is 0 Å². The number of rotatable bonds is 2. The van der Waals surface area contributed by atoms with Gasteiger partial charge in [0.2, 0.25) is 0 Å². The fraction of sp³-hybridized carbons (Fsp3) is 0.286. The first-order valence-corrected chi connectivity index (χ1v) is 7.69. The number of thiophene rings is 1. The smallest absolute Gasteiger partial charge is 0.136 e. The molecule has 1 aromatic carbocycles. The molecular formula is C14H14BrNO2S. The summed E-state index contributed by atoms with van der Waals surface area (Å²) in [4.78, 5) is 1.19. The molecule has 0 saturated carbocycles. The predicted molar refractivity (Wildman–Crippen MR) is 79.9 cm³/mol. The van der Waals surface area contributed by atoms with E-state index in [0.717, 1.165) is 28.0 Å². The van der Waals surface area contributed by atoms with Crippen LogP contribution in [0, 0.1) is 0 Å². The number of hydrogen-bond acceptors (Lipinski definition) is 4. The van der Waals surface area contributed by atoms with Gasteiger partial charge in [0.15, 0.2) is 0 Å². The minimum absolute atomic E-state index is 0.0188. The summed E-state index contributed by atoms with van der Waals surface area (Å²) in [5.74, 6) is 1.67. The minimum atomic E-state index is -0.0298. The molecule has 1 aliphatic rings. The van der Waals surface area contributed by atoms with Crippen LogP contribution in [0.3, 0.4) is 0 Å². The third-order valence-corrected chi connectivity index (χ3v) is 5.25. The van der Waals surface area contributed by atoms with Crippen LogP contribution in [0.15, 0.2) is 34.1 Å². The zero-order chi connectivity index (χ0) is 13.4. The second kappa shape index (κ2) is 5.15. The number of hydrogen-bond donors (Lipinski definition) is 1. The van der Waals surface area contributed by atoms with Crippen LogP contribution in [0.2, 0.25) is 0 Å². The molecule has 19 heavy (non-hydrogen) atoms. The van der Waals surface area contributed by atoms with Crippen molar-refractivity contribution >= 4 is 27.3 Å². The Morgan fingerprint density at radius 2 is 2.26 bits per heavy atom. The average molecular weight is 340 g/mol. The Morgan fingerprint density at radius 1 is 1.42 bits per heavy atom. The van der Waals surface area contributed by atoms with Gasteiger partial charge < -0.3 is 15.2 Å². The van der Waals surface area contributed by atoms with Crippen molar-refractivity contribution in [3.05, 3.63) is 44.6 Å². The van der Waals surface area contributed by atoms with Crippen molar-refractivity contribution in [3.63, 3.8) is 0 Å². The van der Waals surface area contributed by atoms with Crippen LogP contribution >= 0.6 is 27.3 Å². The second-order valence-electron chi connectivity index (χ2n) is 4.49. The van der Waals surface area contributed by atoms with E-state index in [9.17, 15) is 0 Å². The molecule has 0 fully saturated rings. The summed E-state index contributed by atoms with van der Waals surface area (Å²) in [7, 11) is 1.66. The Hall–Kier alpha value is -1.04. The van der Waals surface area contributed by atoms with Gasteiger partial charge in [-0.05, 0) is 45.6 Å². The molecule has 100 valence electrons. The molecule has 0 saturated heterocycles. The van der Waals surface area contributed by atoms with Crippen molar-refractivity contribution < 1.29 is 9.47 Å². The van der Waals surface area contributed by atoms with Gasteiger partial charge in [-0.15, -0.1) is 11.3 Å². The van der Waals surface area contributed by atoms with Crippen LogP contribution < -0.4 is 15.2 Å². The molecule has 3 nitrogen and oxygen atoms in total. The molecule has 2 atom stereocenters. The predicted octanol–water partition coefficient (Wildman–Crippen LogP) is 4.04. The van der Waals surface area contributed by atoms with Gasteiger partial charge in [0.05, 0.1) is 12.0 Å². The van der Waals surface area contributed by atoms with Crippen LogP contribution in [0.1, 0.15) is 29.0 Å². The quantitative estimate of drug-likeness (QED) is 0.897. The highest BCUT2D eigenvalue weighted by molar-refractivity contribution is 9.10. The molecule has 0 radical (unpaired) electrons. The maximum absolute atomic E-state index is 6.27. The first-order chi connectivity index (χ1) is 9.19. The lowest BCUT2D eigenvalue weighted by Gasteiger charge is -2.30. The lowest BCUT2D eigenvalue weighted by molar-refractivity contribution is 0.164. The van der Waals surface area contributed by atoms with Crippen molar-refractivity contribution in [2.24, 2.45) is 5.73 Å². The van der Waals surface area contributed by atoms with Crippen molar-refractivity contribution in [2.45, 2.75) is 18.6 Å². The molecule has 0 aliphatic carbocycles. The molecule has 2 unspecified atom stereocenters. The number of methoxy groups -OCH3 is 1. The Kier molecular flexibility index (Phi) is 3.52. The van der Waals surface area contributed by atoms with E-state index >= 15 is 0 Å². The van der Waals surface area contributed by atoms with Gasteiger partial charge in [-0.25, -0.2) is 0 Å². The Labute approximate surface area is 124 Å². The average Bonchev–Trinajstić information content (AvgIpc) is 2.84. The van der Waals surface area contributed by atoms with Crippen LogP contribution in [0.4, 0.5) is 0 Å². The van der Waals surface area contributed by atoms with Gasteiger partial charge >= 0.3 is 0 Å². The van der Waals surface area contributed by atoms with Crippen molar-refractivity contribution in [2.75, 3.05) is 7.11 Å². The fourth-order valence-corrected chi connectivity index (χ4v) is 3.98. The molecular weight excluding hydrogens is 326 g/mol. The minimum Gasteiger partial charge on any atom is -0.497 e. The van der Waals surface area contributed by atoms with E-state index in [-0.39, 0.29) is 12.1 Å². The first kappa shape index (κ1) is 13.0. The molecule has 3 rings (SSSR count). The molecule has 1 aromatic heterocycles. The van der Waals surface area contributed by atoms with Crippen LogP contribution in [0.5, 0.6) is 11.5 Å². The normalized spacial score (nSPS) is 21.6. The monoisotopic (exact) mass is 339 g/mol. The molecule has 2 N–H and O–H groups in total. The number of halogens is 1. The maximum Gasteiger partial charge on any atom is 0.136 e. The van der Waals surface area contributed by atoms with E-state index in [4.69, 9.17) is 15.2 Å². The molecule has 1 aliphatic heterocycles. The second-order valence-corrected chi connectivity index (χ2v) is 6.29. The SMILES string of the molecule is COc1ccc2c(c1)C(N)CC(c1sccc1Br)O2. The topological polar surface area (TPSA) is 44.5 Å². The van der Waals surface area contributed by atoms with Gasteiger partial charge in [-0.3, -0.25) is 0 Å². The zero-order valence-corrected chi connectivity index (χ0v) is 12.8. The molecule has 0 amide bonds. The van der Waals surface area contributed by atoms with Gasteiger partial charge in [0.25, 0.3) is 0 Å². The Morgan fingerprint density at radius 3 is 2.95 bits per heavy atom. The highest BCUT2D eigenvalue weighted by Crippen LogP contribution is 2.44. The largest absolute Gasteiger partial charge is 0.497 e. The third-order valence-electron chi connectivity index (χ3n) is 3.29. The Bertz CT molecular complexity index is 599. The van der Waals surface area contributed by atoms with Crippen molar-refractivity contribution in [1.82, 2.24) is 0 Å². The summed E-state index contributed by atoms with van der Waals surface area (Å²) >= 11 is 5.24. The maximum atomic E-state index is 6.27. The number of ether oxygens (including phenoxy) is 2. The van der Waals surface area contributed by atoms with E-state index in [1.165, 1.54) is 4.88 Å². The summed E-state index contributed by atoms with van der Waals surface area (Å²) in [5, 5.41) is 2.05. The van der Waals surface area contributed by atoms with Crippen molar-refractivity contribution in [1.29, 1.82) is 0 Å². The van der Waals surface area contributed by atoms with Gasteiger partial charge in [0, 0.05) is 22.5 Å². The lowest BCUT2D eigenvalue weighted by Crippen LogP contribution is -2.23. The molecule has 2 aromatic rings. The highest BCUT2D eigenvalue weighted by atomic mass is 79.9. The van der Waals surface area contributed by atoms with E-state index < -0.39 is 0 Å². The number of benzene rings is 1. The lowest BCUT2D eigenvalue weighted by atomic mass is 9.96.